The zero-order valence-corrected chi connectivity index (χ0v) is 37.6. The van der Waals surface area contributed by atoms with Crippen LogP contribution in [0.1, 0.15) is 149 Å². The molecule has 0 amide bonds. The minimum Gasteiger partial charge on any atom is -0.480 e. The van der Waals surface area contributed by atoms with Crippen LogP contribution in [0.3, 0.4) is 0 Å². The third-order valence-electron chi connectivity index (χ3n) is 10.1. The molecule has 61 heavy (non-hydrogen) atoms. The summed E-state index contributed by atoms with van der Waals surface area (Å²) in [6, 6.07) is -1.57. The van der Waals surface area contributed by atoms with Gasteiger partial charge in [0.2, 0.25) is 0 Å². The van der Waals surface area contributed by atoms with Gasteiger partial charge in [0.1, 0.15) is 18.4 Å². The zero-order chi connectivity index (χ0) is 45.1. The number of rotatable bonds is 37. The molecule has 1 saturated carbocycles. The molecule has 0 heterocycles. The number of aliphatic hydroxyl groups excluding tert-OH is 2. The van der Waals surface area contributed by atoms with Gasteiger partial charge in [0.15, 0.2) is 6.10 Å². The summed E-state index contributed by atoms with van der Waals surface area (Å²) in [6.45, 7) is 2.36. The van der Waals surface area contributed by atoms with Crippen LogP contribution in [0.25, 0.3) is 0 Å². The molecule has 6 N–H and O–H groups in total. The van der Waals surface area contributed by atoms with Crippen LogP contribution >= 0.6 is 7.82 Å². The maximum absolute atomic E-state index is 12.8. The lowest BCUT2D eigenvalue weighted by Crippen LogP contribution is -2.34. The van der Waals surface area contributed by atoms with E-state index in [1.54, 1.807) is 12.2 Å². The number of carbonyl (C=O) groups is 4. The molecule has 1 aliphatic carbocycles. The molecule has 7 atom stereocenters. The fourth-order valence-corrected chi connectivity index (χ4v) is 7.32. The zero-order valence-electron chi connectivity index (χ0n) is 36.7. The molecule has 0 aromatic heterocycles. The molecule has 0 aromatic rings. The van der Waals surface area contributed by atoms with Crippen molar-refractivity contribution in [2.75, 3.05) is 19.8 Å². The Balaban J connectivity index is 2.52. The predicted octanol–water partition coefficient (Wildman–Crippen LogP) is 8.54. The van der Waals surface area contributed by atoms with Gasteiger partial charge in [-0.2, -0.15) is 0 Å². The number of carbonyl (C=O) groups excluding carboxylic acids is 3. The van der Waals surface area contributed by atoms with Crippen molar-refractivity contribution in [2.45, 2.75) is 173 Å². The van der Waals surface area contributed by atoms with E-state index in [1.165, 1.54) is 19.3 Å². The quantitative estimate of drug-likeness (QED) is 0.0171. The van der Waals surface area contributed by atoms with Crippen LogP contribution < -0.4 is 5.73 Å². The Hall–Kier alpha value is -3.23. The number of phosphoric ester groups is 1. The molecule has 1 rings (SSSR count). The molecule has 0 aromatic carbocycles. The first-order valence-electron chi connectivity index (χ1n) is 22.4. The minimum atomic E-state index is -4.80. The number of unbranched alkanes of at least 4 members (excludes halogenated alkanes) is 9. The number of esters is 2. The van der Waals surface area contributed by atoms with Crippen LogP contribution in [0.4, 0.5) is 0 Å². The second-order valence-corrected chi connectivity index (χ2v) is 17.1. The summed E-state index contributed by atoms with van der Waals surface area (Å²) in [5, 5.41) is 29.6. The predicted molar refractivity (Wildman–Crippen MR) is 236 cm³/mol. The van der Waals surface area contributed by atoms with Crippen molar-refractivity contribution in [3.8, 4) is 0 Å². The first-order valence-corrected chi connectivity index (χ1v) is 23.9. The van der Waals surface area contributed by atoms with E-state index in [2.05, 4.69) is 54.8 Å². The summed E-state index contributed by atoms with van der Waals surface area (Å²) in [6.07, 6.45) is 33.4. The molecule has 0 aliphatic heterocycles. The summed E-state index contributed by atoms with van der Waals surface area (Å²) in [5.74, 6) is -3.30. The van der Waals surface area contributed by atoms with Gasteiger partial charge >= 0.3 is 25.7 Å². The molecular weight excluding hydrogens is 805 g/mol. The summed E-state index contributed by atoms with van der Waals surface area (Å²) >= 11 is 0. The van der Waals surface area contributed by atoms with Crippen LogP contribution in [0.5, 0.6) is 0 Å². The van der Waals surface area contributed by atoms with Gasteiger partial charge < -0.3 is 35.4 Å². The van der Waals surface area contributed by atoms with Gasteiger partial charge in [-0.05, 0) is 64.2 Å². The lowest BCUT2D eigenvalue weighted by molar-refractivity contribution is -0.161. The first-order chi connectivity index (χ1) is 29.3. The molecule has 15 heteroatoms. The van der Waals surface area contributed by atoms with Gasteiger partial charge in [0, 0.05) is 31.1 Å². The summed E-state index contributed by atoms with van der Waals surface area (Å²) in [4.78, 5) is 58.8. The van der Waals surface area contributed by atoms with Crippen LogP contribution in [0.15, 0.2) is 60.8 Å². The molecule has 0 radical (unpaired) electrons. The monoisotopic (exact) mass is 882 g/mol. The molecule has 14 nitrogen and oxygen atoms in total. The number of nitrogens with two attached hydrogens (primary N) is 1. The van der Waals surface area contributed by atoms with Crippen molar-refractivity contribution < 1.29 is 62.5 Å². The van der Waals surface area contributed by atoms with E-state index in [0.29, 0.717) is 44.9 Å². The molecule has 1 aliphatic rings. The van der Waals surface area contributed by atoms with Gasteiger partial charge in [0.25, 0.3) is 0 Å². The molecule has 0 bridgehead atoms. The second-order valence-electron chi connectivity index (χ2n) is 15.6. The number of Topliss-reactive ketones (excluding diaryl/α,β-unsaturated/α-hetero) is 1. The van der Waals surface area contributed by atoms with Crippen molar-refractivity contribution in [3.05, 3.63) is 60.8 Å². The van der Waals surface area contributed by atoms with Crippen LogP contribution in [-0.2, 0) is 42.3 Å². The van der Waals surface area contributed by atoms with E-state index in [4.69, 9.17) is 24.8 Å². The number of hydrogen-bond donors (Lipinski definition) is 5. The van der Waals surface area contributed by atoms with Crippen molar-refractivity contribution >= 4 is 31.5 Å². The van der Waals surface area contributed by atoms with Gasteiger partial charge in [-0.25, -0.2) is 4.57 Å². The fraction of sp³-hybridized carbons (Fsp3) is 0.696. The number of hydrogen-bond acceptors (Lipinski definition) is 12. The molecule has 1 unspecified atom stereocenters. The van der Waals surface area contributed by atoms with Crippen molar-refractivity contribution in [2.24, 2.45) is 17.6 Å². The first kappa shape index (κ1) is 55.8. The molecule has 0 saturated heterocycles. The second kappa shape index (κ2) is 35.3. The highest BCUT2D eigenvalue weighted by Crippen LogP contribution is 2.43. The lowest BCUT2D eigenvalue weighted by Gasteiger charge is -2.20. The Morgan fingerprint density at radius 2 is 1.34 bits per heavy atom. The van der Waals surface area contributed by atoms with Gasteiger partial charge in [-0.3, -0.25) is 28.2 Å². The smallest absolute Gasteiger partial charge is 0.472 e. The summed E-state index contributed by atoms with van der Waals surface area (Å²) in [7, 11) is -4.80. The number of carboxylic acids is 1. The maximum atomic E-state index is 12.8. The summed E-state index contributed by atoms with van der Waals surface area (Å²) in [5.41, 5.74) is 5.33. The van der Waals surface area contributed by atoms with Crippen molar-refractivity contribution in [1.82, 2.24) is 0 Å². The fourth-order valence-electron chi connectivity index (χ4n) is 6.54. The number of aliphatic carboxylic acids is 1. The van der Waals surface area contributed by atoms with E-state index in [9.17, 15) is 38.8 Å². The van der Waals surface area contributed by atoms with Crippen LogP contribution in [0, 0.1) is 11.8 Å². The van der Waals surface area contributed by atoms with E-state index in [0.717, 1.165) is 51.4 Å². The van der Waals surface area contributed by atoms with E-state index >= 15 is 0 Å². The Bertz CT molecular complexity index is 1430. The number of carboxylic acid groups (broad SMARTS) is 1. The summed E-state index contributed by atoms with van der Waals surface area (Å²) < 4.78 is 32.6. The highest BCUT2D eigenvalue weighted by atomic mass is 31.2. The SMILES string of the molecule is CCCCC/C=C\C/C=C\C/C=C\C/C=C\CCCC(=O)OC[C@H](COP(=O)(O)OC[C@H](N)C(=O)O)OC(=O)CCCCCC[C@H]1C(=O)C[C@@H](O)[C@@H]1/C=C/[C@@H](O)CCCCC. The van der Waals surface area contributed by atoms with Crippen molar-refractivity contribution in [1.29, 1.82) is 0 Å². The van der Waals surface area contributed by atoms with Gasteiger partial charge in [-0.15, -0.1) is 0 Å². The van der Waals surface area contributed by atoms with Crippen LogP contribution in [0.2, 0.25) is 0 Å². The topological polar surface area (TPSA) is 229 Å². The third kappa shape index (κ3) is 29.7. The molecule has 348 valence electrons. The van der Waals surface area contributed by atoms with Crippen molar-refractivity contribution in [3.63, 3.8) is 0 Å². The standard InChI is InChI=1S/C46H76NO13P/c1-3-5-7-8-9-10-11-12-13-14-15-16-17-18-19-20-25-29-44(51)57-34-38(35-58-61(55,56)59-36-41(47)46(53)54)60-45(52)30-26-22-21-24-28-39-40(43(50)33-42(39)49)32-31-37(48)27-23-6-4-2/h9-10,12-13,15-16,18-19,31-32,37-41,43,48,50H,3-8,11,14,17,20-30,33-36,47H2,1-2H3,(H,53,54)(H,55,56)/b10-9-,13-12-,16-15-,19-18-,32-31+/t37-,38+,39+,40+,41-,43+/m0/s1. The van der Waals surface area contributed by atoms with Gasteiger partial charge in [0.05, 0.1) is 25.4 Å². The molecule has 1 fully saturated rings. The lowest BCUT2D eigenvalue weighted by atomic mass is 9.88. The Morgan fingerprint density at radius 1 is 0.770 bits per heavy atom. The average Bonchev–Trinajstić information content (AvgIpc) is 3.49. The Labute approximate surface area is 364 Å². The highest BCUT2D eigenvalue weighted by molar-refractivity contribution is 7.47. The highest BCUT2D eigenvalue weighted by Gasteiger charge is 2.39. The molecular formula is C46H76NO13P. The van der Waals surface area contributed by atoms with E-state index in [-0.39, 0.29) is 36.9 Å². The average molecular weight is 882 g/mol. The van der Waals surface area contributed by atoms with E-state index in [1.807, 2.05) is 12.2 Å². The number of ether oxygens (including phenoxy) is 2. The normalized spacial score (nSPS) is 19.7. The number of allylic oxidation sites excluding steroid dienone is 8. The van der Waals surface area contributed by atoms with Crippen LogP contribution in [-0.4, -0.2) is 88.1 Å². The number of aliphatic hydroxyl groups is 2. The maximum Gasteiger partial charge on any atom is 0.472 e. The Morgan fingerprint density at radius 3 is 1.98 bits per heavy atom. The third-order valence-corrected chi connectivity index (χ3v) is 11.1. The minimum absolute atomic E-state index is 0.00261. The van der Waals surface area contributed by atoms with Gasteiger partial charge in [-0.1, -0.05) is 126 Å². The largest absolute Gasteiger partial charge is 0.480 e. The van der Waals surface area contributed by atoms with E-state index < -0.39 is 69.9 Å². The Kier molecular flexibility index (Phi) is 32.2. The number of phosphoric acid groups is 1. The number of ketones is 1. The molecule has 0 spiro atoms.